The molecule has 0 aromatic carbocycles. The lowest BCUT2D eigenvalue weighted by Crippen LogP contribution is -2.54. The first-order valence-electron chi connectivity index (χ1n) is 6.05. The van der Waals surface area contributed by atoms with E-state index in [9.17, 15) is 9.90 Å². The summed E-state index contributed by atoms with van der Waals surface area (Å²) in [5, 5.41) is 9.78. The van der Waals surface area contributed by atoms with Crippen molar-refractivity contribution in [3.05, 3.63) is 0 Å². The van der Waals surface area contributed by atoms with E-state index in [2.05, 4.69) is 0 Å². The molecule has 0 bridgehead atoms. The van der Waals surface area contributed by atoms with Gasteiger partial charge in [0.1, 0.15) is 5.41 Å². The van der Waals surface area contributed by atoms with Crippen LogP contribution in [0.5, 0.6) is 0 Å². The molecule has 0 atom stereocenters. The highest BCUT2D eigenvalue weighted by atomic mass is 32.1. The van der Waals surface area contributed by atoms with E-state index >= 15 is 0 Å². The first-order chi connectivity index (χ1) is 8.19. The van der Waals surface area contributed by atoms with Crippen molar-refractivity contribution in [3.63, 3.8) is 0 Å². The lowest BCUT2D eigenvalue weighted by atomic mass is 9.78. The highest BCUT2D eigenvalue weighted by Gasteiger charge is 2.45. The van der Waals surface area contributed by atoms with Crippen LogP contribution in [-0.2, 0) is 9.53 Å². The molecule has 0 spiro atoms. The molecule has 6 heteroatoms. The number of ether oxygens (including phenoxy) is 1. The third-order valence-corrected chi connectivity index (χ3v) is 3.59. The Morgan fingerprint density at radius 1 is 1.50 bits per heavy atom. The molecule has 0 unspecified atom stereocenters. The minimum atomic E-state index is -0.938. The number of rotatable bonds is 4. The Labute approximate surface area is 113 Å². The molecule has 0 aromatic rings. The van der Waals surface area contributed by atoms with Crippen LogP contribution in [0, 0.1) is 5.41 Å². The van der Waals surface area contributed by atoms with E-state index in [1.807, 2.05) is 0 Å². The molecule has 104 valence electrons. The molecule has 18 heavy (non-hydrogen) atoms. The topological polar surface area (TPSA) is 75.8 Å². The van der Waals surface area contributed by atoms with Crippen molar-refractivity contribution in [2.75, 3.05) is 26.8 Å². The zero-order valence-electron chi connectivity index (χ0n) is 11.2. The second kappa shape index (κ2) is 5.50. The number of carbonyl (C=O) groups is 1. The van der Waals surface area contributed by atoms with E-state index in [4.69, 9.17) is 22.7 Å². The van der Waals surface area contributed by atoms with Gasteiger partial charge in [-0.05, 0) is 26.7 Å². The van der Waals surface area contributed by atoms with Crippen molar-refractivity contribution in [1.82, 2.24) is 4.90 Å². The van der Waals surface area contributed by atoms with Gasteiger partial charge in [0.2, 0.25) is 5.91 Å². The van der Waals surface area contributed by atoms with Crippen LogP contribution in [0.4, 0.5) is 0 Å². The van der Waals surface area contributed by atoms with Crippen LogP contribution in [0.3, 0.4) is 0 Å². The molecule has 3 N–H and O–H groups in total. The minimum absolute atomic E-state index is 0.125. The Bertz CT molecular complexity index is 333. The molecule has 1 aliphatic rings. The maximum atomic E-state index is 12.5. The van der Waals surface area contributed by atoms with Crippen molar-refractivity contribution in [2.45, 2.75) is 32.3 Å². The summed E-state index contributed by atoms with van der Waals surface area (Å²) in [5.74, 6) is -0.125. The van der Waals surface area contributed by atoms with Gasteiger partial charge >= 0.3 is 0 Å². The Hall–Kier alpha value is -0.720. The van der Waals surface area contributed by atoms with Gasteiger partial charge in [-0.15, -0.1) is 0 Å². The van der Waals surface area contributed by atoms with E-state index in [1.165, 1.54) is 4.90 Å². The van der Waals surface area contributed by atoms with Gasteiger partial charge in [-0.3, -0.25) is 4.79 Å². The fraction of sp³-hybridized carbons (Fsp3) is 0.833. The fourth-order valence-corrected chi connectivity index (χ4v) is 2.59. The number of nitrogens with zero attached hydrogens (tertiary/aromatic N) is 1. The number of likely N-dealkylation sites (N-methyl/N-ethyl adjacent to an activating group) is 1. The number of carbonyl (C=O) groups excluding carboxylic acids is 1. The molecule has 1 saturated heterocycles. The van der Waals surface area contributed by atoms with Gasteiger partial charge in [-0.2, -0.15) is 0 Å². The summed E-state index contributed by atoms with van der Waals surface area (Å²) in [6.07, 6.45) is 1.02. The molecule has 1 rings (SSSR count). The maximum Gasteiger partial charge on any atom is 0.235 e. The van der Waals surface area contributed by atoms with Gasteiger partial charge in [0.25, 0.3) is 0 Å². The van der Waals surface area contributed by atoms with Crippen molar-refractivity contribution >= 4 is 23.1 Å². The number of thiocarbonyl (C=S) groups is 1. The summed E-state index contributed by atoms with van der Waals surface area (Å²) in [5.41, 5.74) is 4.02. The van der Waals surface area contributed by atoms with Crippen molar-refractivity contribution in [2.24, 2.45) is 11.1 Å². The quantitative estimate of drug-likeness (QED) is 0.721. The summed E-state index contributed by atoms with van der Waals surface area (Å²) in [4.78, 5) is 14.3. The SMILES string of the molecule is CN(CC(C)(C)O)C(=O)C1(C(N)=S)CCOCC1. The summed E-state index contributed by atoms with van der Waals surface area (Å²) in [6, 6.07) is 0. The number of hydrogen-bond acceptors (Lipinski definition) is 4. The molecule has 0 saturated carbocycles. The van der Waals surface area contributed by atoms with Gasteiger partial charge < -0.3 is 20.5 Å². The largest absolute Gasteiger partial charge is 0.392 e. The molecule has 1 aliphatic heterocycles. The predicted octanol–water partition coefficient (Wildman–Crippen LogP) is 0.299. The summed E-state index contributed by atoms with van der Waals surface area (Å²) in [7, 11) is 1.66. The normalized spacial score (nSPS) is 19.3. The van der Waals surface area contributed by atoms with Gasteiger partial charge in [-0.1, -0.05) is 12.2 Å². The van der Waals surface area contributed by atoms with Crippen molar-refractivity contribution in [3.8, 4) is 0 Å². The molecule has 5 nitrogen and oxygen atoms in total. The first kappa shape index (κ1) is 15.3. The number of aliphatic hydroxyl groups is 1. The summed E-state index contributed by atoms with van der Waals surface area (Å²) >= 11 is 5.08. The maximum absolute atomic E-state index is 12.5. The van der Waals surface area contributed by atoms with Gasteiger partial charge in [0.15, 0.2) is 0 Å². The second-order valence-electron chi connectivity index (χ2n) is 5.53. The Balaban J connectivity index is 2.86. The molecule has 0 radical (unpaired) electrons. The third-order valence-electron chi connectivity index (χ3n) is 3.20. The molecule has 0 aliphatic carbocycles. The van der Waals surface area contributed by atoms with Crippen LogP contribution in [0.2, 0.25) is 0 Å². The fourth-order valence-electron chi connectivity index (χ4n) is 2.30. The molecular weight excluding hydrogens is 252 g/mol. The van der Waals surface area contributed by atoms with Crippen LogP contribution in [-0.4, -0.2) is 53.3 Å². The van der Waals surface area contributed by atoms with Crippen LogP contribution in [0.25, 0.3) is 0 Å². The van der Waals surface area contributed by atoms with E-state index in [0.29, 0.717) is 26.1 Å². The minimum Gasteiger partial charge on any atom is -0.392 e. The van der Waals surface area contributed by atoms with E-state index in [0.717, 1.165) is 0 Å². The highest BCUT2D eigenvalue weighted by Crippen LogP contribution is 2.33. The monoisotopic (exact) mass is 274 g/mol. The summed E-state index contributed by atoms with van der Waals surface area (Å²) in [6.45, 7) is 4.54. The molecule has 1 fully saturated rings. The lowest BCUT2D eigenvalue weighted by molar-refractivity contribution is -0.143. The smallest absolute Gasteiger partial charge is 0.235 e. The Morgan fingerprint density at radius 3 is 2.39 bits per heavy atom. The number of nitrogens with two attached hydrogens (primary N) is 1. The van der Waals surface area contributed by atoms with Crippen molar-refractivity contribution in [1.29, 1.82) is 0 Å². The Kier molecular flexibility index (Phi) is 4.69. The zero-order valence-corrected chi connectivity index (χ0v) is 12.0. The highest BCUT2D eigenvalue weighted by molar-refractivity contribution is 7.80. The molecule has 1 heterocycles. The summed E-state index contributed by atoms with van der Waals surface area (Å²) < 4.78 is 5.27. The van der Waals surface area contributed by atoms with Crippen LogP contribution in [0.15, 0.2) is 0 Å². The molecule has 1 amide bonds. The Morgan fingerprint density at radius 2 is 2.00 bits per heavy atom. The lowest BCUT2D eigenvalue weighted by Gasteiger charge is -2.39. The van der Waals surface area contributed by atoms with E-state index in [-0.39, 0.29) is 17.4 Å². The zero-order chi connectivity index (χ0) is 14.0. The molecular formula is C12H22N2O3S. The first-order valence-corrected chi connectivity index (χ1v) is 6.45. The van der Waals surface area contributed by atoms with E-state index < -0.39 is 11.0 Å². The van der Waals surface area contributed by atoms with Gasteiger partial charge in [0, 0.05) is 26.8 Å². The van der Waals surface area contributed by atoms with Crippen LogP contribution >= 0.6 is 12.2 Å². The standard InChI is InChI=1S/C12H22N2O3S/c1-11(2,16)8-14(3)10(15)12(9(13)18)4-6-17-7-5-12/h16H,4-8H2,1-3H3,(H2,13,18). The average molecular weight is 274 g/mol. The second-order valence-corrected chi connectivity index (χ2v) is 5.97. The van der Waals surface area contributed by atoms with E-state index in [1.54, 1.807) is 20.9 Å². The molecule has 0 aromatic heterocycles. The number of amides is 1. The van der Waals surface area contributed by atoms with Crippen LogP contribution in [0.1, 0.15) is 26.7 Å². The predicted molar refractivity (Wildman–Crippen MR) is 73.2 cm³/mol. The van der Waals surface area contributed by atoms with Gasteiger partial charge in [-0.25, -0.2) is 0 Å². The van der Waals surface area contributed by atoms with Crippen LogP contribution < -0.4 is 5.73 Å². The van der Waals surface area contributed by atoms with Crippen molar-refractivity contribution < 1.29 is 14.6 Å². The van der Waals surface area contributed by atoms with Gasteiger partial charge in [0.05, 0.1) is 10.6 Å². The third kappa shape index (κ3) is 3.40. The number of hydrogen-bond donors (Lipinski definition) is 2. The average Bonchev–Trinajstić information content (AvgIpc) is 2.26.